The van der Waals surface area contributed by atoms with Crippen LogP contribution < -0.4 is 0 Å². The van der Waals surface area contributed by atoms with Crippen molar-refractivity contribution < 1.29 is 18.7 Å². The number of ether oxygens (including phenoxy) is 1. The third-order valence-electron chi connectivity index (χ3n) is 4.29. The number of halogens is 2. The van der Waals surface area contributed by atoms with Crippen molar-refractivity contribution in [2.24, 2.45) is 5.92 Å². The summed E-state index contributed by atoms with van der Waals surface area (Å²) in [5.74, 6) is -0.966. The van der Waals surface area contributed by atoms with Gasteiger partial charge in [-0.2, -0.15) is 0 Å². The van der Waals surface area contributed by atoms with E-state index < -0.39 is 0 Å². The lowest BCUT2D eigenvalue weighted by molar-refractivity contribution is -0.151. The van der Waals surface area contributed by atoms with Gasteiger partial charge in [-0.15, -0.1) is 0 Å². The summed E-state index contributed by atoms with van der Waals surface area (Å²) in [5.41, 5.74) is 0.377. The first kappa shape index (κ1) is 19.7. The molecular weight excluding hydrogens is 347 g/mol. The van der Waals surface area contributed by atoms with Gasteiger partial charge in [0.2, 0.25) is 5.91 Å². The van der Waals surface area contributed by atoms with E-state index in [1.54, 1.807) is 35.9 Å². The van der Waals surface area contributed by atoms with Gasteiger partial charge in [-0.3, -0.25) is 14.5 Å². The summed E-state index contributed by atoms with van der Waals surface area (Å²) in [6.45, 7) is 3.50. The van der Waals surface area contributed by atoms with Crippen molar-refractivity contribution in [2.75, 3.05) is 33.3 Å². The number of likely N-dealkylation sites (N-methyl/N-ethyl adjacent to an activating group) is 1. The van der Waals surface area contributed by atoms with E-state index in [4.69, 9.17) is 16.3 Å². The molecule has 1 fully saturated rings. The number of amides is 1. The van der Waals surface area contributed by atoms with Crippen LogP contribution in [0.2, 0.25) is 5.02 Å². The average molecular weight is 371 g/mol. The Morgan fingerprint density at radius 2 is 2.20 bits per heavy atom. The van der Waals surface area contributed by atoms with E-state index >= 15 is 0 Å². The molecule has 5 nitrogen and oxygen atoms in total. The van der Waals surface area contributed by atoms with Crippen LogP contribution in [-0.4, -0.2) is 55.0 Å². The molecule has 25 heavy (non-hydrogen) atoms. The molecule has 0 saturated carbocycles. The van der Waals surface area contributed by atoms with Crippen LogP contribution in [0.1, 0.15) is 25.3 Å². The fourth-order valence-corrected chi connectivity index (χ4v) is 3.22. The zero-order chi connectivity index (χ0) is 18.4. The minimum absolute atomic E-state index is 0.0797. The van der Waals surface area contributed by atoms with E-state index in [0.717, 1.165) is 12.8 Å². The molecule has 1 saturated heterocycles. The summed E-state index contributed by atoms with van der Waals surface area (Å²) in [6, 6.07) is 4.53. The predicted molar refractivity (Wildman–Crippen MR) is 93.7 cm³/mol. The highest BCUT2D eigenvalue weighted by Gasteiger charge is 2.29. The zero-order valence-corrected chi connectivity index (χ0v) is 15.4. The Labute approximate surface area is 152 Å². The van der Waals surface area contributed by atoms with Gasteiger partial charge in [-0.1, -0.05) is 17.7 Å². The lowest BCUT2D eigenvalue weighted by Crippen LogP contribution is -2.46. The molecule has 0 spiro atoms. The van der Waals surface area contributed by atoms with E-state index in [1.807, 2.05) is 0 Å². The fourth-order valence-electron chi connectivity index (χ4n) is 3.00. The molecule has 0 bridgehead atoms. The molecular formula is C18H24ClFN2O3. The summed E-state index contributed by atoms with van der Waals surface area (Å²) < 4.78 is 18.9. The first-order valence-corrected chi connectivity index (χ1v) is 8.86. The average Bonchev–Trinajstić information content (AvgIpc) is 2.58. The van der Waals surface area contributed by atoms with Crippen LogP contribution in [0, 0.1) is 11.7 Å². The summed E-state index contributed by atoms with van der Waals surface area (Å²) in [6.07, 6.45) is 1.52. The topological polar surface area (TPSA) is 49.9 Å². The van der Waals surface area contributed by atoms with Gasteiger partial charge < -0.3 is 9.64 Å². The normalized spacial score (nSPS) is 17.6. The SMILES string of the molecule is CCOC(=O)C1CCCN(C(=O)CN(C)Cc2c(F)cccc2Cl)C1. The number of likely N-dealkylation sites (tertiary alicyclic amines) is 1. The fraction of sp³-hybridized carbons (Fsp3) is 0.556. The lowest BCUT2D eigenvalue weighted by atomic mass is 9.98. The maximum atomic E-state index is 13.9. The molecule has 1 aliphatic heterocycles. The number of hydrogen-bond acceptors (Lipinski definition) is 4. The van der Waals surface area contributed by atoms with Crippen LogP contribution in [0.15, 0.2) is 18.2 Å². The molecule has 0 N–H and O–H groups in total. The molecule has 1 unspecified atom stereocenters. The molecule has 7 heteroatoms. The highest BCUT2D eigenvalue weighted by molar-refractivity contribution is 6.31. The second-order valence-corrected chi connectivity index (χ2v) is 6.71. The van der Waals surface area contributed by atoms with E-state index in [9.17, 15) is 14.0 Å². The molecule has 1 aliphatic rings. The van der Waals surface area contributed by atoms with Gasteiger partial charge in [-0.05, 0) is 38.9 Å². The van der Waals surface area contributed by atoms with Gasteiger partial charge in [0.15, 0.2) is 0 Å². The van der Waals surface area contributed by atoms with Crippen molar-refractivity contribution in [2.45, 2.75) is 26.3 Å². The standard InChI is InChI=1S/C18H24ClFN2O3/c1-3-25-18(24)13-6-5-9-22(10-13)17(23)12-21(2)11-14-15(19)7-4-8-16(14)20/h4,7-8,13H,3,5-6,9-12H2,1-2H3. The van der Waals surface area contributed by atoms with Crippen molar-refractivity contribution in [3.05, 3.63) is 34.6 Å². The van der Waals surface area contributed by atoms with Crippen LogP contribution in [0.5, 0.6) is 0 Å². The van der Waals surface area contributed by atoms with Crippen LogP contribution in [-0.2, 0) is 20.9 Å². The van der Waals surface area contributed by atoms with Gasteiger partial charge in [0, 0.05) is 30.2 Å². The Hall–Kier alpha value is -1.66. The minimum atomic E-state index is -0.382. The Bertz CT molecular complexity index is 606. The molecule has 1 atom stereocenters. The van der Waals surface area contributed by atoms with E-state index in [-0.39, 0.29) is 36.7 Å². The first-order chi connectivity index (χ1) is 11.9. The summed E-state index contributed by atoms with van der Waals surface area (Å²) >= 11 is 6.03. The summed E-state index contributed by atoms with van der Waals surface area (Å²) in [4.78, 5) is 27.8. The van der Waals surface area contributed by atoms with Gasteiger partial charge in [-0.25, -0.2) is 4.39 Å². The monoisotopic (exact) mass is 370 g/mol. The largest absolute Gasteiger partial charge is 0.466 e. The number of rotatable bonds is 6. The number of hydrogen-bond donors (Lipinski definition) is 0. The van der Waals surface area contributed by atoms with Crippen LogP contribution in [0.25, 0.3) is 0 Å². The number of piperidine rings is 1. The van der Waals surface area contributed by atoms with E-state index in [1.165, 1.54) is 6.07 Å². The molecule has 2 rings (SSSR count). The molecule has 0 aliphatic carbocycles. The Kier molecular flexibility index (Phi) is 7.20. The summed E-state index contributed by atoms with van der Waals surface area (Å²) in [7, 11) is 1.74. The molecule has 1 amide bonds. The van der Waals surface area contributed by atoms with Crippen LogP contribution in [0.3, 0.4) is 0 Å². The third kappa shape index (κ3) is 5.41. The number of carbonyl (C=O) groups excluding carboxylic acids is 2. The van der Waals surface area contributed by atoms with Crippen LogP contribution in [0.4, 0.5) is 4.39 Å². The Morgan fingerprint density at radius 1 is 1.44 bits per heavy atom. The number of nitrogens with zero attached hydrogens (tertiary/aromatic N) is 2. The molecule has 1 heterocycles. The maximum absolute atomic E-state index is 13.9. The Morgan fingerprint density at radius 3 is 2.88 bits per heavy atom. The van der Waals surface area contributed by atoms with Gasteiger partial charge in [0.05, 0.1) is 19.1 Å². The molecule has 138 valence electrons. The van der Waals surface area contributed by atoms with Gasteiger partial charge in [0.25, 0.3) is 0 Å². The zero-order valence-electron chi connectivity index (χ0n) is 14.6. The first-order valence-electron chi connectivity index (χ1n) is 8.48. The maximum Gasteiger partial charge on any atom is 0.310 e. The molecule has 1 aromatic rings. The van der Waals surface area contributed by atoms with Crippen molar-refractivity contribution in [1.82, 2.24) is 9.80 Å². The second-order valence-electron chi connectivity index (χ2n) is 6.30. The van der Waals surface area contributed by atoms with Crippen molar-refractivity contribution in [1.29, 1.82) is 0 Å². The number of carbonyl (C=O) groups is 2. The van der Waals surface area contributed by atoms with Crippen molar-refractivity contribution in [3.63, 3.8) is 0 Å². The highest BCUT2D eigenvalue weighted by atomic mass is 35.5. The smallest absolute Gasteiger partial charge is 0.310 e. The lowest BCUT2D eigenvalue weighted by Gasteiger charge is -2.32. The minimum Gasteiger partial charge on any atom is -0.466 e. The third-order valence-corrected chi connectivity index (χ3v) is 4.64. The van der Waals surface area contributed by atoms with Crippen molar-refractivity contribution in [3.8, 4) is 0 Å². The van der Waals surface area contributed by atoms with Gasteiger partial charge in [0.1, 0.15) is 5.82 Å². The van der Waals surface area contributed by atoms with E-state index in [2.05, 4.69) is 0 Å². The van der Waals surface area contributed by atoms with Gasteiger partial charge >= 0.3 is 5.97 Å². The molecule has 1 aromatic carbocycles. The quantitative estimate of drug-likeness (QED) is 0.722. The Balaban J connectivity index is 1.91. The predicted octanol–water partition coefficient (Wildman–Crippen LogP) is 2.71. The number of esters is 1. The molecule has 0 aromatic heterocycles. The van der Waals surface area contributed by atoms with E-state index in [0.29, 0.717) is 30.3 Å². The second kappa shape index (κ2) is 9.15. The van der Waals surface area contributed by atoms with Crippen molar-refractivity contribution >= 4 is 23.5 Å². The molecule has 0 radical (unpaired) electrons. The van der Waals surface area contributed by atoms with Crippen LogP contribution >= 0.6 is 11.6 Å². The summed E-state index contributed by atoms with van der Waals surface area (Å²) in [5, 5.41) is 0.347. The number of benzene rings is 1. The highest BCUT2D eigenvalue weighted by Crippen LogP contribution is 2.21.